The largest absolute Gasteiger partial charge is 0.112 e. The van der Waals surface area contributed by atoms with E-state index in [-0.39, 0.29) is 0 Å². The molecule has 0 heterocycles. The van der Waals surface area contributed by atoms with Crippen molar-refractivity contribution < 1.29 is 0 Å². The molecule has 0 nitrogen and oxygen atoms in total. The molecule has 0 aromatic carbocycles. The average Bonchev–Trinajstić information content (AvgIpc) is 2.64. The maximum Gasteiger partial charge on any atom is -0.0332 e. The molecule has 0 atom stereocenters. The van der Waals surface area contributed by atoms with Crippen LogP contribution in [0.25, 0.3) is 0 Å². The van der Waals surface area contributed by atoms with Crippen molar-refractivity contribution in [2.75, 3.05) is 18.5 Å². The van der Waals surface area contributed by atoms with Crippen molar-refractivity contribution in [3.63, 3.8) is 0 Å². The molecule has 0 aliphatic heterocycles. The summed E-state index contributed by atoms with van der Waals surface area (Å²) in [7, 11) is 0. The zero-order chi connectivity index (χ0) is 19.3. The van der Waals surface area contributed by atoms with Gasteiger partial charge in [-0.3, -0.25) is 0 Å². The zero-order valence-corrected chi connectivity index (χ0v) is 19.9. The second-order valence-corrected chi connectivity index (χ2v) is 12.8. The highest BCUT2D eigenvalue weighted by Gasteiger charge is 2.13. The number of unbranched alkanes of at least 4 members (excludes halogenated alkanes) is 15. The number of hydrogen-bond donors (Lipinski definition) is 0. The van der Waals surface area contributed by atoms with Crippen LogP contribution in [0.2, 0.25) is 0 Å². The highest BCUT2D eigenvalue weighted by Crippen LogP contribution is 2.48. The first kappa shape index (κ1) is 26.3. The summed E-state index contributed by atoms with van der Waals surface area (Å²) >= 11 is 0. The molecule has 0 unspecified atom stereocenters. The Morgan fingerprint density at radius 2 is 0.615 bits per heavy atom. The summed E-state index contributed by atoms with van der Waals surface area (Å²) in [5.74, 6) is 0. The van der Waals surface area contributed by atoms with E-state index < -0.39 is 6.89 Å². The third-order valence-corrected chi connectivity index (χ3v) is 9.75. The standard InChI is InChI=1S/C25H53P/c1-5-8-11-14-17-20-23-26(4,24-21-18-15-12-9-6-2)25-22-19-16-13-10-7-3/h4-25H2,1-3H3. The zero-order valence-electron chi connectivity index (χ0n) is 19.0. The molecule has 0 saturated heterocycles. The Labute approximate surface area is 168 Å². The first-order valence-electron chi connectivity index (χ1n) is 12.4. The van der Waals surface area contributed by atoms with Crippen molar-refractivity contribution in [1.29, 1.82) is 0 Å². The van der Waals surface area contributed by atoms with Gasteiger partial charge in [0.25, 0.3) is 0 Å². The Balaban J connectivity index is 4.04. The highest BCUT2D eigenvalue weighted by molar-refractivity contribution is 7.73. The number of rotatable bonds is 21. The molecule has 0 aromatic rings. The molecule has 0 aliphatic rings. The van der Waals surface area contributed by atoms with Gasteiger partial charge in [-0.05, 0) is 37.7 Å². The quantitative estimate of drug-likeness (QED) is 0.136. The van der Waals surface area contributed by atoms with Crippen LogP contribution >= 0.6 is 6.89 Å². The topological polar surface area (TPSA) is 0 Å². The molecular weight excluding hydrogens is 331 g/mol. The van der Waals surface area contributed by atoms with E-state index in [1.54, 1.807) is 0 Å². The molecule has 0 N–H and O–H groups in total. The molecule has 0 saturated carbocycles. The Morgan fingerprint density at radius 3 is 0.885 bits per heavy atom. The van der Waals surface area contributed by atoms with Crippen molar-refractivity contribution in [2.24, 2.45) is 0 Å². The monoisotopic (exact) mass is 384 g/mol. The molecule has 158 valence electrons. The van der Waals surface area contributed by atoms with Crippen molar-refractivity contribution in [2.45, 2.75) is 136 Å². The van der Waals surface area contributed by atoms with Crippen molar-refractivity contribution in [3.05, 3.63) is 0 Å². The van der Waals surface area contributed by atoms with Gasteiger partial charge in [0.15, 0.2) is 0 Å². The van der Waals surface area contributed by atoms with E-state index >= 15 is 0 Å². The minimum atomic E-state index is -0.886. The fourth-order valence-electron chi connectivity index (χ4n) is 4.02. The van der Waals surface area contributed by atoms with Gasteiger partial charge in [-0.2, -0.15) is 0 Å². The summed E-state index contributed by atoms with van der Waals surface area (Å²) in [6.07, 6.45) is 35.3. The molecule has 26 heavy (non-hydrogen) atoms. The summed E-state index contributed by atoms with van der Waals surface area (Å²) in [5, 5.41) is 0. The van der Waals surface area contributed by atoms with Crippen molar-refractivity contribution in [1.82, 2.24) is 0 Å². The van der Waals surface area contributed by atoms with Gasteiger partial charge in [-0.25, -0.2) is 0 Å². The van der Waals surface area contributed by atoms with Crippen LogP contribution in [0.5, 0.6) is 0 Å². The Morgan fingerprint density at radius 1 is 0.385 bits per heavy atom. The minimum absolute atomic E-state index is 0.886. The van der Waals surface area contributed by atoms with Crippen LogP contribution in [0.1, 0.15) is 136 Å². The van der Waals surface area contributed by atoms with E-state index in [1.165, 1.54) is 134 Å². The molecule has 0 rings (SSSR count). The molecule has 1 heteroatoms. The fourth-order valence-corrected chi connectivity index (χ4v) is 7.37. The van der Waals surface area contributed by atoms with Crippen LogP contribution in [-0.4, -0.2) is 24.8 Å². The van der Waals surface area contributed by atoms with E-state index in [9.17, 15) is 0 Å². The van der Waals surface area contributed by atoms with Crippen LogP contribution in [-0.2, 0) is 0 Å². The van der Waals surface area contributed by atoms with Crippen LogP contribution < -0.4 is 0 Å². The third-order valence-electron chi connectivity index (χ3n) is 5.96. The maximum atomic E-state index is 4.88. The second-order valence-electron chi connectivity index (χ2n) is 8.82. The van der Waals surface area contributed by atoms with E-state index in [0.717, 1.165) is 0 Å². The molecule has 0 fully saturated rings. The lowest BCUT2D eigenvalue weighted by Crippen LogP contribution is -2.02. The van der Waals surface area contributed by atoms with Gasteiger partial charge in [-0.1, -0.05) is 117 Å². The molecular formula is C25H53P. The van der Waals surface area contributed by atoms with Crippen LogP contribution in [0, 0.1) is 0 Å². The van der Waals surface area contributed by atoms with Gasteiger partial charge >= 0.3 is 0 Å². The van der Waals surface area contributed by atoms with E-state index in [4.69, 9.17) is 6.30 Å². The lowest BCUT2D eigenvalue weighted by molar-refractivity contribution is 0.617. The summed E-state index contributed by atoms with van der Waals surface area (Å²) in [4.78, 5) is 0. The highest BCUT2D eigenvalue weighted by atomic mass is 31.2. The second kappa shape index (κ2) is 20.0. The summed E-state index contributed by atoms with van der Waals surface area (Å²) in [6, 6.07) is 0. The lowest BCUT2D eigenvalue weighted by Gasteiger charge is -2.25. The van der Waals surface area contributed by atoms with Gasteiger partial charge in [0.05, 0.1) is 0 Å². The lowest BCUT2D eigenvalue weighted by atomic mass is 10.1. The van der Waals surface area contributed by atoms with Gasteiger partial charge < -0.3 is 0 Å². The minimum Gasteiger partial charge on any atom is -0.112 e. The van der Waals surface area contributed by atoms with Crippen molar-refractivity contribution in [3.8, 4) is 0 Å². The Hall–Kier alpha value is 0.300. The average molecular weight is 385 g/mol. The van der Waals surface area contributed by atoms with Crippen molar-refractivity contribution >= 4 is 13.2 Å². The van der Waals surface area contributed by atoms with Crippen LogP contribution in [0.3, 0.4) is 0 Å². The van der Waals surface area contributed by atoms with Gasteiger partial charge in [0.1, 0.15) is 0 Å². The van der Waals surface area contributed by atoms with Crippen LogP contribution in [0.15, 0.2) is 0 Å². The third kappa shape index (κ3) is 17.7. The molecule has 0 radical (unpaired) electrons. The summed E-state index contributed by atoms with van der Waals surface area (Å²) < 4.78 is 0. The molecule has 0 bridgehead atoms. The van der Waals surface area contributed by atoms with E-state index in [2.05, 4.69) is 20.8 Å². The fraction of sp³-hybridized carbons (Fsp3) is 0.960. The van der Waals surface area contributed by atoms with E-state index in [1.807, 2.05) is 0 Å². The van der Waals surface area contributed by atoms with Gasteiger partial charge in [0, 0.05) is 0 Å². The number of hydrogen-bond acceptors (Lipinski definition) is 0. The summed E-state index contributed by atoms with van der Waals surface area (Å²) in [6.45, 7) is 6.05. The van der Waals surface area contributed by atoms with Gasteiger partial charge in [-0.15, -0.1) is 13.2 Å². The first-order chi connectivity index (χ1) is 12.7. The maximum absolute atomic E-state index is 4.88. The van der Waals surface area contributed by atoms with E-state index in [0.29, 0.717) is 0 Å². The van der Waals surface area contributed by atoms with Gasteiger partial charge in [0.2, 0.25) is 0 Å². The SMILES string of the molecule is C=P(CCCCCCCC)(CCCCCCCC)CCCCCCCC. The molecule has 0 aliphatic carbocycles. The molecule has 0 amide bonds. The smallest absolute Gasteiger partial charge is 0.0332 e. The van der Waals surface area contributed by atoms with Crippen LogP contribution in [0.4, 0.5) is 0 Å². The normalized spacial score (nSPS) is 12.0. The molecule has 0 spiro atoms. The Kier molecular flexibility index (Phi) is 20.3. The summed E-state index contributed by atoms with van der Waals surface area (Å²) in [5.41, 5.74) is 0. The first-order valence-corrected chi connectivity index (χ1v) is 14.9. The molecule has 0 aromatic heterocycles. The predicted molar refractivity (Wildman–Crippen MR) is 129 cm³/mol. The predicted octanol–water partition coefficient (Wildman–Crippen LogP) is 9.52. The Bertz CT molecular complexity index is 260.